The molecule has 2 aliphatic heterocycles. The molecule has 25 heavy (non-hydrogen) atoms. The normalized spacial score (nSPS) is 21.4. The van der Waals surface area contributed by atoms with E-state index in [1.807, 2.05) is 0 Å². The SMILES string of the molecule is CC(C)Oc1ccccc1CNCC1(N2CCCCC2)CCOCC1. The Balaban J connectivity index is 1.62. The summed E-state index contributed by atoms with van der Waals surface area (Å²) in [6.45, 7) is 10.3. The highest BCUT2D eigenvalue weighted by atomic mass is 16.5. The average molecular weight is 347 g/mol. The third-order valence-electron chi connectivity index (χ3n) is 5.56. The molecule has 1 N–H and O–H groups in total. The summed E-state index contributed by atoms with van der Waals surface area (Å²) in [6, 6.07) is 8.39. The number of hydrogen-bond donors (Lipinski definition) is 1. The van der Waals surface area contributed by atoms with Crippen molar-refractivity contribution in [1.29, 1.82) is 0 Å². The van der Waals surface area contributed by atoms with Crippen molar-refractivity contribution in [3.05, 3.63) is 29.8 Å². The van der Waals surface area contributed by atoms with Crippen LogP contribution in [0.3, 0.4) is 0 Å². The lowest BCUT2D eigenvalue weighted by Crippen LogP contribution is -2.59. The summed E-state index contributed by atoms with van der Waals surface area (Å²) < 4.78 is 11.6. The quantitative estimate of drug-likeness (QED) is 0.818. The molecule has 0 saturated carbocycles. The number of nitrogens with zero attached hydrogens (tertiary/aromatic N) is 1. The van der Waals surface area contributed by atoms with Crippen LogP contribution in [0.2, 0.25) is 0 Å². The zero-order valence-electron chi connectivity index (χ0n) is 15.9. The van der Waals surface area contributed by atoms with Crippen LogP contribution in [0.15, 0.2) is 24.3 Å². The molecule has 0 aliphatic carbocycles. The van der Waals surface area contributed by atoms with Gasteiger partial charge in [0.2, 0.25) is 0 Å². The summed E-state index contributed by atoms with van der Waals surface area (Å²) >= 11 is 0. The first kappa shape index (κ1) is 18.7. The van der Waals surface area contributed by atoms with Crippen LogP contribution in [0.25, 0.3) is 0 Å². The zero-order chi connectivity index (χ0) is 17.5. The molecule has 2 aliphatic rings. The molecule has 1 aromatic rings. The van der Waals surface area contributed by atoms with E-state index in [0.717, 1.165) is 44.9 Å². The van der Waals surface area contributed by atoms with Crippen LogP contribution in [0.1, 0.15) is 51.5 Å². The molecule has 4 heteroatoms. The number of benzene rings is 1. The number of rotatable bonds is 7. The average Bonchev–Trinajstić information content (AvgIpc) is 2.64. The summed E-state index contributed by atoms with van der Waals surface area (Å²) in [5.41, 5.74) is 1.52. The Morgan fingerprint density at radius 1 is 1.12 bits per heavy atom. The predicted octanol–water partition coefficient (Wildman–Crippen LogP) is 3.60. The van der Waals surface area contributed by atoms with E-state index in [9.17, 15) is 0 Å². The molecule has 2 saturated heterocycles. The predicted molar refractivity (Wildman–Crippen MR) is 102 cm³/mol. The molecule has 0 bridgehead atoms. The largest absolute Gasteiger partial charge is 0.491 e. The van der Waals surface area contributed by atoms with E-state index in [1.54, 1.807) is 0 Å². The van der Waals surface area contributed by atoms with Crippen LogP contribution in [0.5, 0.6) is 5.75 Å². The second-order valence-electron chi connectivity index (χ2n) is 7.76. The van der Waals surface area contributed by atoms with Crippen LogP contribution in [0.4, 0.5) is 0 Å². The highest BCUT2D eigenvalue weighted by Gasteiger charge is 2.38. The van der Waals surface area contributed by atoms with Crippen LogP contribution >= 0.6 is 0 Å². The van der Waals surface area contributed by atoms with E-state index >= 15 is 0 Å². The molecule has 0 spiro atoms. The van der Waals surface area contributed by atoms with Crippen molar-refractivity contribution in [2.24, 2.45) is 0 Å². The fourth-order valence-corrected chi connectivity index (χ4v) is 4.17. The van der Waals surface area contributed by atoms with Crippen molar-refractivity contribution in [1.82, 2.24) is 10.2 Å². The Hall–Kier alpha value is -1.10. The van der Waals surface area contributed by atoms with E-state index in [2.05, 4.69) is 48.3 Å². The Morgan fingerprint density at radius 3 is 2.56 bits per heavy atom. The Kier molecular flexibility index (Phi) is 6.74. The maximum Gasteiger partial charge on any atom is 0.124 e. The monoisotopic (exact) mass is 346 g/mol. The molecular weight excluding hydrogens is 312 g/mol. The minimum absolute atomic E-state index is 0.205. The van der Waals surface area contributed by atoms with Gasteiger partial charge in [0.1, 0.15) is 5.75 Å². The number of piperidine rings is 1. The minimum atomic E-state index is 0.205. The topological polar surface area (TPSA) is 33.7 Å². The number of ether oxygens (including phenoxy) is 2. The summed E-state index contributed by atoms with van der Waals surface area (Å²) in [7, 11) is 0. The van der Waals surface area contributed by atoms with Gasteiger partial charge in [-0.2, -0.15) is 0 Å². The summed E-state index contributed by atoms with van der Waals surface area (Å²) in [5, 5.41) is 3.75. The highest BCUT2D eigenvalue weighted by Crippen LogP contribution is 2.30. The van der Waals surface area contributed by atoms with Gasteiger partial charge >= 0.3 is 0 Å². The standard InChI is InChI=1S/C21H34N2O2/c1-18(2)25-20-9-5-4-8-19(20)16-22-17-21(10-14-24-15-11-21)23-12-6-3-7-13-23/h4-5,8-9,18,22H,3,6-7,10-17H2,1-2H3. The second-order valence-corrected chi connectivity index (χ2v) is 7.76. The fourth-order valence-electron chi connectivity index (χ4n) is 4.17. The van der Waals surface area contributed by atoms with Gasteiger partial charge < -0.3 is 14.8 Å². The van der Waals surface area contributed by atoms with Gasteiger partial charge in [-0.25, -0.2) is 0 Å². The molecule has 0 atom stereocenters. The molecule has 0 amide bonds. The van der Waals surface area contributed by atoms with Gasteiger partial charge in [-0.05, 0) is 58.7 Å². The number of likely N-dealkylation sites (tertiary alicyclic amines) is 1. The van der Waals surface area contributed by atoms with Crippen LogP contribution in [-0.4, -0.2) is 49.4 Å². The lowest BCUT2D eigenvalue weighted by atomic mass is 9.86. The fraction of sp³-hybridized carbons (Fsp3) is 0.714. The first-order valence-electron chi connectivity index (χ1n) is 9.98. The van der Waals surface area contributed by atoms with Crippen molar-refractivity contribution in [3.8, 4) is 5.75 Å². The molecule has 2 heterocycles. The van der Waals surface area contributed by atoms with E-state index < -0.39 is 0 Å². The lowest BCUT2D eigenvalue weighted by Gasteiger charge is -2.48. The zero-order valence-corrected chi connectivity index (χ0v) is 15.9. The number of para-hydroxylation sites is 1. The second kappa shape index (κ2) is 9.02. The van der Waals surface area contributed by atoms with Gasteiger partial charge in [0, 0.05) is 37.4 Å². The number of hydrogen-bond acceptors (Lipinski definition) is 4. The van der Waals surface area contributed by atoms with Gasteiger partial charge in [0.25, 0.3) is 0 Å². The molecule has 1 aromatic carbocycles. The summed E-state index contributed by atoms with van der Waals surface area (Å²) in [4.78, 5) is 2.74. The van der Waals surface area contributed by atoms with Crippen molar-refractivity contribution in [3.63, 3.8) is 0 Å². The Labute approximate surface area is 152 Å². The Bertz CT molecular complexity index is 520. The molecule has 140 valence electrons. The maximum absolute atomic E-state index is 5.96. The molecular formula is C21H34N2O2. The van der Waals surface area contributed by atoms with E-state index in [-0.39, 0.29) is 11.6 Å². The van der Waals surface area contributed by atoms with Crippen LogP contribution in [-0.2, 0) is 11.3 Å². The van der Waals surface area contributed by atoms with Gasteiger partial charge in [0.15, 0.2) is 0 Å². The van der Waals surface area contributed by atoms with Gasteiger partial charge in [-0.1, -0.05) is 24.6 Å². The minimum Gasteiger partial charge on any atom is -0.491 e. The third-order valence-corrected chi connectivity index (χ3v) is 5.56. The maximum atomic E-state index is 5.96. The molecule has 4 nitrogen and oxygen atoms in total. The van der Waals surface area contributed by atoms with Crippen molar-refractivity contribution >= 4 is 0 Å². The van der Waals surface area contributed by atoms with Crippen molar-refractivity contribution in [2.75, 3.05) is 32.8 Å². The van der Waals surface area contributed by atoms with Crippen LogP contribution < -0.4 is 10.1 Å². The molecule has 0 radical (unpaired) electrons. The Morgan fingerprint density at radius 2 is 1.84 bits per heavy atom. The molecule has 0 unspecified atom stereocenters. The van der Waals surface area contributed by atoms with Gasteiger partial charge in [-0.3, -0.25) is 4.90 Å². The van der Waals surface area contributed by atoms with Gasteiger partial charge in [-0.15, -0.1) is 0 Å². The van der Waals surface area contributed by atoms with Crippen molar-refractivity contribution < 1.29 is 9.47 Å². The van der Waals surface area contributed by atoms with Crippen LogP contribution in [0, 0.1) is 0 Å². The van der Waals surface area contributed by atoms with E-state index in [4.69, 9.17) is 9.47 Å². The molecule has 2 fully saturated rings. The molecule has 3 rings (SSSR count). The molecule has 0 aromatic heterocycles. The number of nitrogens with one attached hydrogen (secondary N) is 1. The smallest absolute Gasteiger partial charge is 0.124 e. The summed E-state index contributed by atoms with van der Waals surface area (Å²) in [5.74, 6) is 1.00. The van der Waals surface area contributed by atoms with Gasteiger partial charge in [0.05, 0.1) is 6.10 Å². The first-order chi connectivity index (χ1) is 12.2. The lowest BCUT2D eigenvalue weighted by molar-refractivity contribution is -0.0358. The highest BCUT2D eigenvalue weighted by molar-refractivity contribution is 5.33. The first-order valence-corrected chi connectivity index (χ1v) is 9.98. The van der Waals surface area contributed by atoms with E-state index in [1.165, 1.54) is 37.9 Å². The van der Waals surface area contributed by atoms with Crippen molar-refractivity contribution in [2.45, 2.75) is 64.1 Å². The van der Waals surface area contributed by atoms with E-state index in [0.29, 0.717) is 0 Å². The third kappa shape index (κ3) is 4.96. The summed E-state index contributed by atoms with van der Waals surface area (Å²) in [6.07, 6.45) is 6.56.